The number of rotatable bonds is 5. The molecule has 0 saturated carbocycles. The molecule has 1 atom stereocenters. The molecule has 1 aromatic rings. The Hall–Kier alpha value is -1.64. The Labute approximate surface area is 102 Å². The molecule has 0 bridgehead atoms. The highest BCUT2D eigenvalue weighted by Gasteiger charge is 2.35. The minimum Gasteiger partial charge on any atom is -0.383 e. The van der Waals surface area contributed by atoms with Gasteiger partial charge in [0, 0.05) is 7.11 Å². The van der Waals surface area contributed by atoms with Crippen molar-refractivity contribution >= 4 is 11.9 Å². The highest BCUT2D eigenvalue weighted by atomic mass is 19.4. The van der Waals surface area contributed by atoms with Crippen LogP contribution in [0, 0.1) is 0 Å². The van der Waals surface area contributed by atoms with Crippen LogP contribution < -0.4 is 11.1 Å². The van der Waals surface area contributed by atoms with E-state index in [1.165, 1.54) is 7.11 Å². The second kappa shape index (κ2) is 5.80. The topological polar surface area (TPSA) is 86.0 Å². The minimum atomic E-state index is -4.66. The van der Waals surface area contributed by atoms with Gasteiger partial charge in [-0.05, 0) is 6.42 Å². The van der Waals surface area contributed by atoms with Gasteiger partial charge in [-0.2, -0.15) is 28.1 Å². The number of halogens is 3. The Balaban J connectivity index is 2.92. The molecule has 1 rings (SSSR count). The number of hydrogen-bond acceptors (Lipinski definition) is 6. The molecule has 18 heavy (non-hydrogen) atoms. The first-order chi connectivity index (χ1) is 8.36. The van der Waals surface area contributed by atoms with E-state index in [0.717, 1.165) is 0 Å². The van der Waals surface area contributed by atoms with E-state index in [9.17, 15) is 13.2 Å². The van der Waals surface area contributed by atoms with Gasteiger partial charge in [0.15, 0.2) is 0 Å². The SMILES string of the molecule is CCC(COC)Nc1nc(N)nc(C(F)(F)F)n1. The summed E-state index contributed by atoms with van der Waals surface area (Å²) in [5, 5.41) is 2.72. The molecule has 0 amide bonds. The average molecular weight is 265 g/mol. The van der Waals surface area contributed by atoms with Crippen molar-refractivity contribution in [2.45, 2.75) is 25.6 Å². The molecule has 6 nitrogen and oxygen atoms in total. The highest BCUT2D eigenvalue weighted by Crippen LogP contribution is 2.26. The largest absolute Gasteiger partial charge is 0.451 e. The van der Waals surface area contributed by atoms with E-state index in [0.29, 0.717) is 13.0 Å². The molecule has 3 N–H and O–H groups in total. The van der Waals surface area contributed by atoms with Gasteiger partial charge in [0.1, 0.15) is 0 Å². The van der Waals surface area contributed by atoms with Gasteiger partial charge in [-0.15, -0.1) is 0 Å². The first-order valence-corrected chi connectivity index (χ1v) is 5.21. The summed E-state index contributed by atoms with van der Waals surface area (Å²) in [5.74, 6) is -2.00. The third kappa shape index (κ3) is 3.99. The van der Waals surface area contributed by atoms with E-state index >= 15 is 0 Å². The van der Waals surface area contributed by atoms with Gasteiger partial charge in [-0.1, -0.05) is 6.92 Å². The average Bonchev–Trinajstić information content (AvgIpc) is 2.26. The lowest BCUT2D eigenvalue weighted by atomic mass is 10.2. The molecule has 102 valence electrons. The second-order valence-electron chi connectivity index (χ2n) is 3.54. The smallest absolute Gasteiger partial charge is 0.383 e. The van der Waals surface area contributed by atoms with Crippen molar-refractivity contribution in [3.05, 3.63) is 5.82 Å². The quantitative estimate of drug-likeness (QED) is 0.834. The number of anilines is 2. The lowest BCUT2D eigenvalue weighted by Gasteiger charge is -2.16. The van der Waals surface area contributed by atoms with Crippen LogP contribution in [0.4, 0.5) is 25.1 Å². The van der Waals surface area contributed by atoms with Crippen molar-refractivity contribution in [3.63, 3.8) is 0 Å². The molecule has 0 aliphatic carbocycles. The summed E-state index contributed by atoms with van der Waals surface area (Å²) in [7, 11) is 1.49. The Morgan fingerprint density at radius 2 is 2.00 bits per heavy atom. The third-order valence-electron chi connectivity index (χ3n) is 2.10. The van der Waals surface area contributed by atoms with Gasteiger partial charge < -0.3 is 15.8 Å². The van der Waals surface area contributed by atoms with Crippen LogP contribution in [-0.4, -0.2) is 34.7 Å². The maximum atomic E-state index is 12.5. The fourth-order valence-corrected chi connectivity index (χ4v) is 1.23. The highest BCUT2D eigenvalue weighted by molar-refractivity contribution is 5.32. The second-order valence-corrected chi connectivity index (χ2v) is 3.54. The van der Waals surface area contributed by atoms with Gasteiger partial charge in [-0.25, -0.2) is 0 Å². The van der Waals surface area contributed by atoms with E-state index in [2.05, 4.69) is 20.3 Å². The van der Waals surface area contributed by atoms with Crippen LogP contribution in [0.15, 0.2) is 0 Å². The van der Waals surface area contributed by atoms with Gasteiger partial charge >= 0.3 is 6.18 Å². The summed E-state index contributed by atoms with van der Waals surface area (Å²) in [5.41, 5.74) is 5.21. The first kappa shape index (κ1) is 14.4. The number of nitrogens with one attached hydrogen (secondary N) is 1. The van der Waals surface area contributed by atoms with Crippen LogP contribution in [0.3, 0.4) is 0 Å². The first-order valence-electron chi connectivity index (χ1n) is 5.21. The summed E-state index contributed by atoms with van der Waals surface area (Å²) >= 11 is 0. The predicted octanol–water partition coefficient (Wildman–Crippen LogP) is 1.31. The van der Waals surface area contributed by atoms with Crippen molar-refractivity contribution in [1.29, 1.82) is 0 Å². The van der Waals surface area contributed by atoms with Crippen LogP contribution in [0.1, 0.15) is 19.2 Å². The van der Waals surface area contributed by atoms with E-state index in [1.807, 2.05) is 6.92 Å². The molecule has 9 heteroatoms. The fraction of sp³-hybridized carbons (Fsp3) is 0.667. The summed E-state index contributed by atoms with van der Waals surface area (Å²) in [6.07, 6.45) is -4.02. The van der Waals surface area contributed by atoms with Gasteiger partial charge in [0.25, 0.3) is 0 Å². The number of aromatic nitrogens is 3. The van der Waals surface area contributed by atoms with Crippen LogP contribution in [0.25, 0.3) is 0 Å². The number of methoxy groups -OCH3 is 1. The van der Waals surface area contributed by atoms with Crippen LogP contribution >= 0.6 is 0 Å². The van der Waals surface area contributed by atoms with Crippen LogP contribution in [0.2, 0.25) is 0 Å². The lowest BCUT2D eigenvalue weighted by Crippen LogP contribution is -2.26. The van der Waals surface area contributed by atoms with Gasteiger partial charge in [0.05, 0.1) is 12.6 Å². The molecule has 0 aliphatic heterocycles. The van der Waals surface area contributed by atoms with Gasteiger partial charge in [0.2, 0.25) is 17.7 Å². The van der Waals surface area contributed by atoms with Crippen LogP contribution in [0.5, 0.6) is 0 Å². The normalized spacial score (nSPS) is 13.4. The number of nitrogens with two attached hydrogens (primary N) is 1. The van der Waals surface area contributed by atoms with Crippen molar-refractivity contribution < 1.29 is 17.9 Å². The summed E-state index contributed by atoms with van der Waals surface area (Å²) < 4.78 is 42.3. The van der Waals surface area contributed by atoms with Crippen molar-refractivity contribution in [1.82, 2.24) is 15.0 Å². The van der Waals surface area contributed by atoms with Crippen molar-refractivity contribution in [2.75, 3.05) is 24.8 Å². The number of ether oxygens (including phenoxy) is 1. The Bertz CT molecular complexity index is 398. The third-order valence-corrected chi connectivity index (χ3v) is 2.10. The maximum absolute atomic E-state index is 12.5. The van der Waals surface area contributed by atoms with E-state index in [-0.39, 0.29) is 12.0 Å². The van der Waals surface area contributed by atoms with Crippen LogP contribution in [-0.2, 0) is 10.9 Å². The standard InChI is InChI=1S/C9H14F3N5O/c1-3-5(4-18-2)14-8-16-6(9(10,11)12)15-7(13)17-8/h5H,3-4H2,1-2H3,(H3,13,14,15,16,17). The molecule has 0 radical (unpaired) electrons. The fourth-order valence-electron chi connectivity index (χ4n) is 1.23. The molecule has 0 saturated heterocycles. The minimum absolute atomic E-state index is 0.196. The Morgan fingerprint density at radius 3 is 2.50 bits per heavy atom. The number of nitrogens with zero attached hydrogens (tertiary/aromatic N) is 3. The summed E-state index contributed by atoms with van der Waals surface area (Å²) in [6.45, 7) is 2.18. The number of alkyl halides is 3. The molecular weight excluding hydrogens is 251 g/mol. The zero-order chi connectivity index (χ0) is 13.8. The maximum Gasteiger partial charge on any atom is 0.451 e. The molecule has 0 fully saturated rings. The van der Waals surface area contributed by atoms with Crippen molar-refractivity contribution in [2.24, 2.45) is 0 Å². The predicted molar refractivity (Wildman–Crippen MR) is 58.8 cm³/mol. The molecular formula is C9H14F3N5O. The number of nitrogen functional groups attached to an aromatic ring is 1. The monoisotopic (exact) mass is 265 g/mol. The molecule has 0 spiro atoms. The summed E-state index contributed by atoms with van der Waals surface area (Å²) in [4.78, 5) is 9.93. The zero-order valence-corrected chi connectivity index (χ0v) is 9.95. The van der Waals surface area contributed by atoms with E-state index in [1.54, 1.807) is 0 Å². The zero-order valence-electron chi connectivity index (χ0n) is 9.95. The molecule has 1 heterocycles. The Kier molecular flexibility index (Phi) is 4.65. The molecule has 1 aromatic heterocycles. The van der Waals surface area contributed by atoms with E-state index < -0.39 is 17.9 Å². The van der Waals surface area contributed by atoms with Crippen molar-refractivity contribution in [3.8, 4) is 0 Å². The van der Waals surface area contributed by atoms with Gasteiger partial charge in [-0.3, -0.25) is 0 Å². The van der Waals surface area contributed by atoms with E-state index in [4.69, 9.17) is 10.5 Å². The lowest BCUT2D eigenvalue weighted by molar-refractivity contribution is -0.144. The molecule has 1 unspecified atom stereocenters. The molecule has 0 aromatic carbocycles. The molecule has 0 aliphatic rings. The Morgan fingerprint density at radius 1 is 1.33 bits per heavy atom. The number of hydrogen-bond donors (Lipinski definition) is 2. The summed E-state index contributed by atoms with van der Waals surface area (Å²) in [6, 6.07) is -0.196.